The van der Waals surface area contributed by atoms with Crippen LogP contribution in [0.25, 0.3) is 0 Å². The quantitative estimate of drug-likeness (QED) is 0.661. The summed E-state index contributed by atoms with van der Waals surface area (Å²) in [5.74, 6) is 1.23. The Balaban J connectivity index is 1.94. The summed E-state index contributed by atoms with van der Waals surface area (Å²) in [6.45, 7) is 3.60. The molecule has 0 aromatic heterocycles. The minimum Gasteiger partial charge on any atom is -0.316 e. The molecule has 0 heterocycles. The van der Waals surface area contributed by atoms with Crippen molar-refractivity contribution >= 4 is 11.8 Å². The van der Waals surface area contributed by atoms with Crippen LogP contribution in [0.2, 0.25) is 0 Å². The summed E-state index contributed by atoms with van der Waals surface area (Å²) in [6.07, 6.45) is 10.7. The predicted molar refractivity (Wildman–Crippen MR) is 75.4 cm³/mol. The van der Waals surface area contributed by atoms with Gasteiger partial charge in [0, 0.05) is 18.3 Å². The Morgan fingerprint density at radius 2 is 1.94 bits per heavy atom. The monoisotopic (exact) mass is 244 g/mol. The van der Waals surface area contributed by atoms with E-state index in [1.54, 1.807) is 0 Å². The largest absolute Gasteiger partial charge is 0.316 e. The molecular formula is C13H28N2S. The van der Waals surface area contributed by atoms with Crippen molar-refractivity contribution in [2.45, 2.75) is 44.6 Å². The molecule has 0 radical (unpaired) electrons. The van der Waals surface area contributed by atoms with Crippen LogP contribution in [-0.4, -0.2) is 49.6 Å². The second kappa shape index (κ2) is 9.32. The van der Waals surface area contributed by atoms with Crippen molar-refractivity contribution in [1.82, 2.24) is 10.2 Å². The maximum atomic E-state index is 3.50. The normalized spacial score (nSPS) is 18.2. The first-order chi connectivity index (χ1) is 7.84. The highest BCUT2D eigenvalue weighted by atomic mass is 32.2. The van der Waals surface area contributed by atoms with Gasteiger partial charge in [-0.3, -0.25) is 0 Å². The standard InChI is InChI=1S/C13H28N2S/c1-15(13-7-4-3-5-8-13)11-6-9-14-10-12-16-2/h13-14H,3-12H2,1-2H3. The van der Waals surface area contributed by atoms with Gasteiger partial charge >= 0.3 is 0 Å². The molecule has 1 fully saturated rings. The van der Waals surface area contributed by atoms with Crippen LogP contribution < -0.4 is 5.32 Å². The third-order valence-electron chi connectivity index (χ3n) is 3.55. The van der Waals surface area contributed by atoms with Gasteiger partial charge in [0.15, 0.2) is 0 Å². The molecule has 16 heavy (non-hydrogen) atoms. The Morgan fingerprint density at radius 1 is 1.19 bits per heavy atom. The molecule has 0 bridgehead atoms. The van der Waals surface area contributed by atoms with Gasteiger partial charge in [0.1, 0.15) is 0 Å². The lowest BCUT2D eigenvalue weighted by Crippen LogP contribution is -2.35. The highest BCUT2D eigenvalue weighted by Crippen LogP contribution is 2.21. The van der Waals surface area contributed by atoms with E-state index < -0.39 is 0 Å². The minimum atomic E-state index is 0.875. The van der Waals surface area contributed by atoms with E-state index in [2.05, 4.69) is 23.5 Å². The van der Waals surface area contributed by atoms with Crippen molar-refractivity contribution in [3.8, 4) is 0 Å². The maximum absolute atomic E-state index is 3.50. The average Bonchev–Trinajstić information content (AvgIpc) is 2.34. The van der Waals surface area contributed by atoms with Crippen LogP contribution in [0.5, 0.6) is 0 Å². The SMILES string of the molecule is CSCCNCCCN(C)C1CCCCC1. The molecule has 1 saturated carbocycles. The van der Waals surface area contributed by atoms with E-state index in [9.17, 15) is 0 Å². The summed E-state index contributed by atoms with van der Waals surface area (Å²) in [6, 6.07) is 0.875. The molecule has 0 aromatic rings. The second-order valence-electron chi connectivity index (χ2n) is 4.87. The third-order valence-corrected chi connectivity index (χ3v) is 4.16. The lowest BCUT2D eigenvalue weighted by Gasteiger charge is -2.31. The van der Waals surface area contributed by atoms with E-state index in [4.69, 9.17) is 0 Å². The molecule has 0 spiro atoms. The zero-order valence-electron chi connectivity index (χ0n) is 11.0. The summed E-state index contributed by atoms with van der Waals surface area (Å²) >= 11 is 1.92. The molecule has 1 aliphatic carbocycles. The summed E-state index contributed by atoms with van der Waals surface area (Å²) in [5, 5.41) is 3.50. The van der Waals surface area contributed by atoms with Gasteiger partial charge < -0.3 is 10.2 Å². The first kappa shape index (κ1) is 14.3. The predicted octanol–water partition coefficient (Wildman–Crippen LogP) is 2.59. The van der Waals surface area contributed by atoms with Crippen molar-refractivity contribution in [3.05, 3.63) is 0 Å². The van der Waals surface area contributed by atoms with E-state index >= 15 is 0 Å². The van der Waals surface area contributed by atoms with E-state index in [0.29, 0.717) is 0 Å². The Labute approximate surface area is 106 Å². The first-order valence-corrected chi connectivity index (χ1v) is 8.14. The third kappa shape index (κ3) is 6.12. The molecule has 1 aliphatic rings. The Hall–Kier alpha value is 0.270. The smallest absolute Gasteiger partial charge is 0.00922 e. The number of hydrogen-bond acceptors (Lipinski definition) is 3. The van der Waals surface area contributed by atoms with Crippen LogP contribution in [-0.2, 0) is 0 Å². The molecule has 96 valence electrons. The van der Waals surface area contributed by atoms with E-state index in [-0.39, 0.29) is 0 Å². The average molecular weight is 244 g/mol. The van der Waals surface area contributed by atoms with Crippen molar-refractivity contribution in [2.75, 3.05) is 38.7 Å². The van der Waals surface area contributed by atoms with Gasteiger partial charge in [-0.2, -0.15) is 11.8 Å². The molecule has 0 amide bonds. The van der Waals surface area contributed by atoms with Crippen LogP contribution >= 0.6 is 11.8 Å². The number of hydrogen-bond donors (Lipinski definition) is 1. The van der Waals surface area contributed by atoms with Gasteiger partial charge in [0.25, 0.3) is 0 Å². The highest BCUT2D eigenvalue weighted by molar-refractivity contribution is 7.98. The van der Waals surface area contributed by atoms with Gasteiger partial charge in [-0.1, -0.05) is 19.3 Å². The van der Waals surface area contributed by atoms with E-state index in [0.717, 1.165) is 12.6 Å². The van der Waals surface area contributed by atoms with Gasteiger partial charge in [-0.25, -0.2) is 0 Å². The molecule has 1 rings (SSSR count). The number of nitrogens with zero attached hydrogens (tertiary/aromatic N) is 1. The molecule has 1 N–H and O–H groups in total. The van der Waals surface area contributed by atoms with Crippen molar-refractivity contribution in [2.24, 2.45) is 0 Å². The zero-order chi connectivity index (χ0) is 11.6. The lowest BCUT2D eigenvalue weighted by molar-refractivity contribution is 0.190. The Kier molecular flexibility index (Phi) is 8.34. The molecular weight excluding hydrogens is 216 g/mol. The Morgan fingerprint density at radius 3 is 2.62 bits per heavy atom. The summed E-state index contributed by atoms with van der Waals surface area (Å²) in [5.41, 5.74) is 0. The zero-order valence-corrected chi connectivity index (χ0v) is 11.8. The van der Waals surface area contributed by atoms with Crippen LogP contribution in [0.4, 0.5) is 0 Å². The fraction of sp³-hybridized carbons (Fsp3) is 1.00. The molecule has 0 saturated heterocycles. The highest BCUT2D eigenvalue weighted by Gasteiger charge is 2.16. The summed E-state index contributed by atoms with van der Waals surface area (Å²) in [7, 11) is 2.30. The van der Waals surface area contributed by atoms with Crippen LogP contribution in [0.3, 0.4) is 0 Å². The molecule has 0 aromatic carbocycles. The lowest BCUT2D eigenvalue weighted by atomic mass is 9.94. The molecule has 0 unspecified atom stereocenters. The van der Waals surface area contributed by atoms with Gasteiger partial charge in [-0.15, -0.1) is 0 Å². The minimum absolute atomic E-state index is 0.875. The summed E-state index contributed by atoms with van der Waals surface area (Å²) in [4.78, 5) is 2.58. The van der Waals surface area contributed by atoms with Crippen molar-refractivity contribution in [1.29, 1.82) is 0 Å². The summed E-state index contributed by atoms with van der Waals surface area (Å²) < 4.78 is 0. The number of thioether (sulfide) groups is 1. The first-order valence-electron chi connectivity index (χ1n) is 6.74. The number of nitrogens with one attached hydrogen (secondary N) is 1. The van der Waals surface area contributed by atoms with E-state index in [1.807, 2.05) is 11.8 Å². The molecule has 3 heteroatoms. The fourth-order valence-corrected chi connectivity index (χ4v) is 2.81. The van der Waals surface area contributed by atoms with Crippen LogP contribution in [0, 0.1) is 0 Å². The second-order valence-corrected chi connectivity index (χ2v) is 5.85. The van der Waals surface area contributed by atoms with Crippen molar-refractivity contribution in [3.63, 3.8) is 0 Å². The Bertz CT molecular complexity index is 158. The molecule has 0 aliphatic heterocycles. The topological polar surface area (TPSA) is 15.3 Å². The van der Waals surface area contributed by atoms with Crippen LogP contribution in [0.15, 0.2) is 0 Å². The fourth-order valence-electron chi connectivity index (χ4n) is 2.46. The van der Waals surface area contributed by atoms with Crippen molar-refractivity contribution < 1.29 is 0 Å². The van der Waals surface area contributed by atoms with Crippen LogP contribution in [0.1, 0.15) is 38.5 Å². The number of rotatable bonds is 8. The van der Waals surface area contributed by atoms with E-state index in [1.165, 1.54) is 57.4 Å². The maximum Gasteiger partial charge on any atom is 0.00922 e. The van der Waals surface area contributed by atoms with Gasteiger partial charge in [-0.05, 0) is 45.7 Å². The van der Waals surface area contributed by atoms with Gasteiger partial charge in [0.05, 0.1) is 0 Å². The van der Waals surface area contributed by atoms with Gasteiger partial charge in [0.2, 0.25) is 0 Å². The molecule has 2 nitrogen and oxygen atoms in total. The molecule has 0 atom stereocenters.